The molecule has 0 heteroatoms. The molecule has 0 bridgehead atoms. The van der Waals surface area contributed by atoms with Crippen LogP contribution < -0.4 is 0 Å². The van der Waals surface area contributed by atoms with Crippen LogP contribution in [0.5, 0.6) is 0 Å². The van der Waals surface area contributed by atoms with E-state index in [1.165, 1.54) is 0 Å². The van der Waals surface area contributed by atoms with Gasteiger partial charge in [0.1, 0.15) is 0 Å². The summed E-state index contributed by atoms with van der Waals surface area (Å²) in [5, 5.41) is 0. The van der Waals surface area contributed by atoms with Gasteiger partial charge in [0.15, 0.2) is 0 Å². The Hall–Kier alpha value is -6.44. The fraction of sp³-hybridized carbons (Fsp3) is 0. The van der Waals surface area contributed by atoms with Gasteiger partial charge in [0, 0.05) is 44.5 Å². The third-order valence-electron chi connectivity index (χ3n) is 6.27. The highest BCUT2D eigenvalue weighted by molar-refractivity contribution is 5.49. The topological polar surface area (TPSA) is 0 Å². The van der Waals surface area contributed by atoms with Gasteiger partial charge in [0.25, 0.3) is 0 Å². The minimum absolute atomic E-state index is 0.995. The molecule has 6 aromatic rings. The van der Waals surface area contributed by atoms with Crippen LogP contribution >= 0.6 is 0 Å². The molecule has 0 unspecified atom stereocenters. The van der Waals surface area contributed by atoms with Crippen molar-refractivity contribution in [2.24, 2.45) is 0 Å². The molecule has 0 aromatic heterocycles. The van der Waals surface area contributed by atoms with Crippen molar-refractivity contribution in [1.29, 1.82) is 0 Å². The third kappa shape index (κ3) is 9.88. The Labute approximate surface area is 261 Å². The summed E-state index contributed by atoms with van der Waals surface area (Å²) < 4.78 is 0. The Bertz CT molecular complexity index is 1700. The van der Waals surface area contributed by atoms with E-state index < -0.39 is 0 Å². The fourth-order valence-corrected chi connectivity index (χ4v) is 3.94. The zero-order valence-corrected chi connectivity index (χ0v) is 24.2. The molecule has 6 aromatic carbocycles. The van der Waals surface area contributed by atoms with Gasteiger partial charge in [-0.05, 0) is 97.1 Å². The van der Waals surface area contributed by atoms with Crippen molar-refractivity contribution < 1.29 is 0 Å². The minimum atomic E-state index is 0.995. The summed E-state index contributed by atoms with van der Waals surface area (Å²) in [6.45, 7) is 0. The summed E-state index contributed by atoms with van der Waals surface area (Å²) in [4.78, 5) is 0. The molecule has 0 atom stereocenters. The van der Waals surface area contributed by atoms with Crippen molar-refractivity contribution in [1.82, 2.24) is 0 Å². The average Bonchev–Trinajstić information content (AvgIpc) is 3.11. The van der Waals surface area contributed by atoms with Crippen LogP contribution in [0.1, 0.15) is 44.5 Å². The molecular formula is C44H28. The summed E-state index contributed by atoms with van der Waals surface area (Å²) in [5.41, 5.74) is 8.07. The standard InChI is InChI=1S/2C22H14/c2*1-3-7-19(8-4-1)11-13-21-15-17-22(18-16-21)14-12-20-9-5-2-6-10-20/h2*1-10,15-18H. The molecule has 204 valence electrons. The second kappa shape index (κ2) is 16.1. The largest absolute Gasteiger partial charge is 0.0622 e. The second-order valence-corrected chi connectivity index (χ2v) is 9.62. The summed E-state index contributed by atoms with van der Waals surface area (Å²) >= 11 is 0. The molecule has 0 spiro atoms. The van der Waals surface area contributed by atoms with E-state index in [2.05, 4.69) is 47.4 Å². The molecule has 0 aliphatic carbocycles. The van der Waals surface area contributed by atoms with Gasteiger partial charge in [-0.15, -0.1) is 0 Å². The second-order valence-electron chi connectivity index (χ2n) is 9.62. The smallest absolute Gasteiger partial charge is 0.0249 e. The SMILES string of the molecule is C(#Cc1ccc(C#Cc2ccccc2)cc1)c1ccccc1.C(#Cc1ccc(C#Cc2ccccc2)cc1)c1ccccc1. The Kier molecular flexibility index (Phi) is 10.6. The highest BCUT2D eigenvalue weighted by Gasteiger charge is 1.91. The number of rotatable bonds is 0. The van der Waals surface area contributed by atoms with Crippen LogP contribution in [0.3, 0.4) is 0 Å². The van der Waals surface area contributed by atoms with Crippen LogP contribution in [-0.4, -0.2) is 0 Å². The van der Waals surface area contributed by atoms with Crippen molar-refractivity contribution in [3.8, 4) is 47.4 Å². The van der Waals surface area contributed by atoms with E-state index in [0.717, 1.165) is 44.5 Å². The summed E-state index contributed by atoms with van der Waals surface area (Å²) in [5.74, 6) is 25.3. The summed E-state index contributed by atoms with van der Waals surface area (Å²) in [6, 6.07) is 56.0. The van der Waals surface area contributed by atoms with E-state index in [9.17, 15) is 0 Å². The summed E-state index contributed by atoms with van der Waals surface area (Å²) in [7, 11) is 0. The van der Waals surface area contributed by atoms with Crippen LogP contribution in [0.4, 0.5) is 0 Å². The van der Waals surface area contributed by atoms with E-state index in [1.807, 2.05) is 170 Å². The Morgan fingerprint density at radius 2 is 0.295 bits per heavy atom. The average molecular weight is 557 g/mol. The highest BCUT2D eigenvalue weighted by Crippen LogP contribution is 2.06. The van der Waals surface area contributed by atoms with Gasteiger partial charge in [-0.1, -0.05) is 120 Å². The molecule has 0 heterocycles. The molecule has 0 radical (unpaired) electrons. The van der Waals surface area contributed by atoms with Gasteiger partial charge >= 0.3 is 0 Å². The fourth-order valence-electron chi connectivity index (χ4n) is 3.94. The van der Waals surface area contributed by atoms with Gasteiger partial charge in [0.05, 0.1) is 0 Å². The normalized spacial score (nSPS) is 9.09. The molecule has 0 N–H and O–H groups in total. The lowest BCUT2D eigenvalue weighted by molar-refractivity contribution is 1.59. The van der Waals surface area contributed by atoms with Crippen molar-refractivity contribution in [3.63, 3.8) is 0 Å². The number of hydrogen-bond acceptors (Lipinski definition) is 0. The predicted molar refractivity (Wildman–Crippen MR) is 183 cm³/mol. The summed E-state index contributed by atoms with van der Waals surface area (Å²) in [6.07, 6.45) is 0. The quantitative estimate of drug-likeness (QED) is 0.164. The van der Waals surface area contributed by atoms with Gasteiger partial charge in [-0.2, -0.15) is 0 Å². The Balaban J connectivity index is 0.000000175. The lowest BCUT2D eigenvalue weighted by Crippen LogP contribution is -1.78. The van der Waals surface area contributed by atoms with E-state index in [0.29, 0.717) is 0 Å². The molecule has 6 rings (SSSR count). The first-order valence-corrected chi connectivity index (χ1v) is 14.3. The van der Waals surface area contributed by atoms with Crippen LogP contribution in [0.15, 0.2) is 170 Å². The maximum absolute atomic E-state index is 3.16. The lowest BCUT2D eigenvalue weighted by Gasteiger charge is -1.92. The Morgan fingerprint density at radius 1 is 0.159 bits per heavy atom. The molecule has 0 amide bonds. The Morgan fingerprint density at radius 3 is 0.455 bits per heavy atom. The van der Waals surface area contributed by atoms with E-state index in [1.54, 1.807) is 0 Å². The van der Waals surface area contributed by atoms with Crippen molar-refractivity contribution in [2.45, 2.75) is 0 Å². The lowest BCUT2D eigenvalue weighted by atomic mass is 10.1. The zero-order chi connectivity index (χ0) is 30.1. The number of hydrogen-bond donors (Lipinski definition) is 0. The molecule has 0 fully saturated rings. The van der Waals surface area contributed by atoms with Gasteiger partial charge in [0.2, 0.25) is 0 Å². The molecular weight excluding hydrogens is 528 g/mol. The van der Waals surface area contributed by atoms with Gasteiger partial charge in [-0.3, -0.25) is 0 Å². The van der Waals surface area contributed by atoms with Crippen LogP contribution in [0.25, 0.3) is 0 Å². The maximum atomic E-state index is 3.16. The molecule has 0 aliphatic heterocycles. The minimum Gasteiger partial charge on any atom is -0.0622 e. The first-order valence-electron chi connectivity index (χ1n) is 14.3. The maximum Gasteiger partial charge on any atom is 0.0249 e. The van der Waals surface area contributed by atoms with E-state index in [4.69, 9.17) is 0 Å². The first kappa shape index (κ1) is 29.1. The molecule has 0 nitrogen and oxygen atoms in total. The predicted octanol–water partition coefficient (Wildman–Crippen LogP) is 8.97. The van der Waals surface area contributed by atoms with Gasteiger partial charge in [-0.25, -0.2) is 0 Å². The van der Waals surface area contributed by atoms with Crippen LogP contribution in [0.2, 0.25) is 0 Å². The monoisotopic (exact) mass is 556 g/mol. The molecule has 0 aliphatic rings. The molecule has 0 saturated carbocycles. The number of benzene rings is 6. The molecule has 44 heavy (non-hydrogen) atoms. The first-order chi connectivity index (χ1) is 21.8. The zero-order valence-electron chi connectivity index (χ0n) is 24.2. The van der Waals surface area contributed by atoms with Crippen molar-refractivity contribution in [3.05, 3.63) is 214 Å². The van der Waals surface area contributed by atoms with E-state index in [-0.39, 0.29) is 0 Å². The third-order valence-corrected chi connectivity index (χ3v) is 6.27. The van der Waals surface area contributed by atoms with Crippen molar-refractivity contribution >= 4 is 0 Å². The van der Waals surface area contributed by atoms with E-state index >= 15 is 0 Å². The van der Waals surface area contributed by atoms with Crippen LogP contribution in [0, 0.1) is 47.4 Å². The highest BCUT2D eigenvalue weighted by atomic mass is 13.9. The van der Waals surface area contributed by atoms with Crippen LogP contribution in [-0.2, 0) is 0 Å². The van der Waals surface area contributed by atoms with Crippen molar-refractivity contribution in [2.75, 3.05) is 0 Å². The molecule has 0 saturated heterocycles. The van der Waals surface area contributed by atoms with Gasteiger partial charge < -0.3 is 0 Å².